The fourth-order valence-corrected chi connectivity index (χ4v) is 3.77. The van der Waals surface area contributed by atoms with Crippen molar-refractivity contribution in [1.29, 1.82) is 0 Å². The predicted molar refractivity (Wildman–Crippen MR) is 108 cm³/mol. The van der Waals surface area contributed by atoms with Gasteiger partial charge in [0.2, 0.25) is 0 Å². The Bertz CT molecular complexity index is 746. The minimum Gasteiger partial charge on any atom is -0.361 e. The number of nitrogens with one attached hydrogen (secondary N) is 3. The first-order chi connectivity index (χ1) is 13.5. The van der Waals surface area contributed by atoms with Gasteiger partial charge < -0.3 is 19.6 Å². The van der Waals surface area contributed by atoms with Gasteiger partial charge in [0.25, 0.3) is 5.91 Å². The molecule has 1 aromatic heterocycles. The van der Waals surface area contributed by atoms with E-state index in [1.165, 1.54) is 20.9 Å². The van der Waals surface area contributed by atoms with E-state index in [-0.39, 0.29) is 5.91 Å². The van der Waals surface area contributed by atoms with Gasteiger partial charge in [0.15, 0.2) is 6.54 Å². The second kappa shape index (κ2) is 9.85. The fourth-order valence-electron chi connectivity index (χ4n) is 3.77. The number of rotatable bonds is 8. The van der Waals surface area contributed by atoms with E-state index in [2.05, 4.69) is 48.6 Å². The number of aromatic nitrogens is 1. The molecule has 0 spiro atoms. The molecule has 1 aliphatic rings. The van der Waals surface area contributed by atoms with Crippen LogP contribution in [0.1, 0.15) is 42.3 Å². The van der Waals surface area contributed by atoms with E-state index in [0.717, 1.165) is 50.6 Å². The van der Waals surface area contributed by atoms with Crippen molar-refractivity contribution in [3.05, 3.63) is 52.9 Å². The van der Waals surface area contributed by atoms with Crippen molar-refractivity contribution < 1.29 is 19.1 Å². The summed E-state index contributed by atoms with van der Waals surface area (Å²) in [6.07, 6.45) is 0.883. The van der Waals surface area contributed by atoms with Crippen LogP contribution in [-0.4, -0.2) is 50.3 Å². The normalized spacial score (nSPS) is 19.7. The van der Waals surface area contributed by atoms with Crippen LogP contribution in [0.3, 0.4) is 0 Å². The molecule has 1 saturated heterocycles. The summed E-state index contributed by atoms with van der Waals surface area (Å²) in [7, 11) is 0. The van der Waals surface area contributed by atoms with Crippen LogP contribution in [0.25, 0.3) is 0 Å². The molecule has 152 valence electrons. The Balaban J connectivity index is 1.32. The summed E-state index contributed by atoms with van der Waals surface area (Å²) in [5.41, 5.74) is 3.66. The standard InChI is InChI=1S/C22H32N4O2/c1-17(2)20-6-4-19(5-7-20)8-9-23-22(27)16-26-12-10-25(11-13-26)15-21-14-18(3)28-24-21/h4-7,14,17H,8-13,15-16H2,1-3H3,(H,23,27)/p+2. The molecule has 2 aromatic rings. The van der Waals surface area contributed by atoms with Crippen molar-refractivity contribution in [3.63, 3.8) is 0 Å². The number of carbonyl (C=O) groups is 1. The average Bonchev–Trinajstić information content (AvgIpc) is 3.08. The Hall–Kier alpha value is -2.18. The van der Waals surface area contributed by atoms with E-state index in [4.69, 9.17) is 4.52 Å². The smallest absolute Gasteiger partial charge is 0.275 e. The lowest BCUT2D eigenvalue weighted by Crippen LogP contribution is -3.28. The largest absolute Gasteiger partial charge is 0.361 e. The van der Waals surface area contributed by atoms with Gasteiger partial charge in [-0.2, -0.15) is 0 Å². The van der Waals surface area contributed by atoms with E-state index in [0.29, 0.717) is 19.0 Å². The van der Waals surface area contributed by atoms with Crippen molar-refractivity contribution in [1.82, 2.24) is 10.5 Å². The highest BCUT2D eigenvalue weighted by Crippen LogP contribution is 2.14. The summed E-state index contributed by atoms with van der Waals surface area (Å²) in [4.78, 5) is 15.1. The summed E-state index contributed by atoms with van der Waals surface area (Å²) >= 11 is 0. The highest BCUT2D eigenvalue weighted by Gasteiger charge is 2.25. The second-order valence-electron chi connectivity index (χ2n) is 8.28. The highest BCUT2D eigenvalue weighted by molar-refractivity contribution is 5.76. The molecular weight excluding hydrogens is 352 g/mol. The molecule has 28 heavy (non-hydrogen) atoms. The molecule has 3 N–H and O–H groups in total. The van der Waals surface area contributed by atoms with Gasteiger partial charge >= 0.3 is 0 Å². The van der Waals surface area contributed by atoms with Crippen LogP contribution in [0.4, 0.5) is 0 Å². The minimum atomic E-state index is 0.157. The summed E-state index contributed by atoms with van der Waals surface area (Å²) in [6, 6.07) is 10.7. The Morgan fingerprint density at radius 2 is 1.82 bits per heavy atom. The number of nitrogens with zero attached hydrogens (tertiary/aromatic N) is 1. The van der Waals surface area contributed by atoms with E-state index >= 15 is 0 Å². The molecule has 6 heteroatoms. The molecule has 0 radical (unpaired) electrons. The van der Waals surface area contributed by atoms with Crippen molar-refractivity contribution in [2.45, 2.75) is 39.7 Å². The monoisotopic (exact) mass is 386 g/mol. The lowest BCUT2D eigenvalue weighted by molar-refractivity contribution is -1.02. The third-order valence-corrected chi connectivity index (χ3v) is 5.56. The summed E-state index contributed by atoms with van der Waals surface area (Å²) in [5, 5.41) is 7.16. The molecule has 0 saturated carbocycles. The van der Waals surface area contributed by atoms with Crippen LogP contribution in [0.5, 0.6) is 0 Å². The second-order valence-corrected chi connectivity index (χ2v) is 8.28. The number of piperazine rings is 1. The summed E-state index contributed by atoms with van der Waals surface area (Å²) in [5.74, 6) is 1.58. The van der Waals surface area contributed by atoms with E-state index in [1.54, 1.807) is 0 Å². The van der Waals surface area contributed by atoms with Gasteiger partial charge in [-0.1, -0.05) is 43.3 Å². The Morgan fingerprint density at radius 1 is 1.14 bits per heavy atom. The molecule has 1 aromatic carbocycles. The first kappa shape index (κ1) is 20.6. The molecule has 3 rings (SSSR count). The minimum absolute atomic E-state index is 0.157. The van der Waals surface area contributed by atoms with Crippen molar-refractivity contribution in [2.24, 2.45) is 0 Å². The maximum absolute atomic E-state index is 12.3. The lowest BCUT2D eigenvalue weighted by atomic mass is 10.0. The topological polar surface area (TPSA) is 64.0 Å². The molecule has 0 atom stereocenters. The average molecular weight is 387 g/mol. The van der Waals surface area contributed by atoms with Gasteiger partial charge in [0.1, 0.15) is 44.2 Å². The Morgan fingerprint density at radius 3 is 2.43 bits per heavy atom. The molecule has 1 aliphatic heterocycles. The molecule has 1 amide bonds. The number of quaternary nitrogens is 2. The molecule has 6 nitrogen and oxygen atoms in total. The molecule has 0 aliphatic carbocycles. The van der Waals surface area contributed by atoms with Crippen LogP contribution in [0.15, 0.2) is 34.9 Å². The third-order valence-electron chi connectivity index (χ3n) is 5.56. The third kappa shape index (κ3) is 6.17. The first-order valence-electron chi connectivity index (χ1n) is 10.4. The van der Waals surface area contributed by atoms with Crippen molar-refractivity contribution in [2.75, 3.05) is 39.3 Å². The lowest BCUT2D eigenvalue weighted by Gasteiger charge is -2.28. The Kier molecular flexibility index (Phi) is 7.23. The number of benzene rings is 1. The predicted octanol–water partition coefficient (Wildman–Crippen LogP) is -0.251. The number of amides is 1. The van der Waals surface area contributed by atoms with E-state index in [1.807, 2.05) is 13.0 Å². The van der Waals surface area contributed by atoms with Crippen LogP contribution in [0.2, 0.25) is 0 Å². The van der Waals surface area contributed by atoms with Gasteiger partial charge in [0.05, 0.1) is 0 Å². The highest BCUT2D eigenvalue weighted by atomic mass is 16.5. The molecule has 0 bridgehead atoms. The number of hydrogen-bond acceptors (Lipinski definition) is 3. The van der Waals surface area contributed by atoms with Gasteiger partial charge in [-0.25, -0.2) is 0 Å². The zero-order valence-corrected chi connectivity index (χ0v) is 17.4. The Labute approximate surface area is 167 Å². The zero-order chi connectivity index (χ0) is 19.9. The quantitative estimate of drug-likeness (QED) is 0.586. The van der Waals surface area contributed by atoms with Gasteiger partial charge in [-0.05, 0) is 30.4 Å². The molecule has 0 unspecified atom stereocenters. The maximum Gasteiger partial charge on any atom is 0.275 e. The van der Waals surface area contributed by atoms with Gasteiger partial charge in [-0.3, -0.25) is 4.79 Å². The van der Waals surface area contributed by atoms with Crippen LogP contribution < -0.4 is 15.1 Å². The van der Waals surface area contributed by atoms with Gasteiger partial charge in [0, 0.05) is 12.6 Å². The zero-order valence-electron chi connectivity index (χ0n) is 17.4. The maximum atomic E-state index is 12.3. The van der Waals surface area contributed by atoms with Crippen molar-refractivity contribution >= 4 is 5.91 Å². The number of carbonyl (C=O) groups excluding carboxylic acids is 1. The van der Waals surface area contributed by atoms with Gasteiger partial charge in [-0.15, -0.1) is 0 Å². The fraction of sp³-hybridized carbons (Fsp3) is 0.545. The van der Waals surface area contributed by atoms with Crippen LogP contribution in [0, 0.1) is 6.92 Å². The summed E-state index contributed by atoms with van der Waals surface area (Å²) < 4.78 is 5.14. The molecule has 1 fully saturated rings. The van der Waals surface area contributed by atoms with Crippen LogP contribution >= 0.6 is 0 Å². The SMILES string of the molecule is Cc1cc(C[NH+]2CC[NH+](CC(=O)NCCc3ccc(C(C)C)cc3)CC2)no1. The molecular formula is C22H34N4O2+2. The van der Waals surface area contributed by atoms with Crippen molar-refractivity contribution in [3.8, 4) is 0 Å². The van der Waals surface area contributed by atoms with E-state index in [9.17, 15) is 4.79 Å². The number of hydrogen-bond donors (Lipinski definition) is 3. The number of aryl methyl sites for hydroxylation is 1. The first-order valence-corrected chi connectivity index (χ1v) is 10.4. The van der Waals surface area contributed by atoms with Crippen LogP contribution in [-0.2, 0) is 17.8 Å². The molecule has 2 heterocycles. The summed E-state index contributed by atoms with van der Waals surface area (Å²) in [6.45, 7) is 12.7. The van der Waals surface area contributed by atoms with E-state index < -0.39 is 0 Å².